The molecule has 6 fully saturated rings. The van der Waals surface area contributed by atoms with Crippen LogP contribution in [0.2, 0.25) is 0 Å². The van der Waals surface area contributed by atoms with Crippen LogP contribution in [0.3, 0.4) is 0 Å². The zero-order valence-corrected chi connectivity index (χ0v) is 63.6. The summed E-state index contributed by atoms with van der Waals surface area (Å²) in [5.74, 6) is -1.07. The summed E-state index contributed by atoms with van der Waals surface area (Å²) >= 11 is 0. The molecule has 8 aliphatic heterocycles. The van der Waals surface area contributed by atoms with E-state index in [2.05, 4.69) is 126 Å². The van der Waals surface area contributed by atoms with Crippen LogP contribution < -0.4 is 30.2 Å². The van der Waals surface area contributed by atoms with Crippen LogP contribution in [0.1, 0.15) is 170 Å². The zero-order valence-electron chi connectivity index (χ0n) is 63.6. The van der Waals surface area contributed by atoms with Crippen LogP contribution >= 0.6 is 0 Å². The minimum atomic E-state index is -0.758. The van der Waals surface area contributed by atoms with Crippen molar-refractivity contribution in [3.63, 3.8) is 0 Å². The Hall–Kier alpha value is -10.3. The first kappa shape index (κ1) is 74.4. The fourth-order valence-corrected chi connectivity index (χ4v) is 19.9. The number of hydrogen-bond acceptors (Lipinski definition) is 15. The molecule has 0 bridgehead atoms. The molecule has 0 saturated carbocycles. The zero-order chi connectivity index (χ0) is 77.1. The number of fused-ring (bicyclic) bond motifs is 4. The molecule has 0 aromatic heterocycles. The molecule has 6 atom stereocenters. The van der Waals surface area contributed by atoms with Crippen LogP contribution in [0.4, 0.5) is 31.5 Å². The largest absolute Gasteiger partial charge is 0.508 e. The Morgan fingerprint density at radius 3 is 1.18 bits per heavy atom. The standard InChI is InChI=1S/C46H50FN5O4.C45H48FN5O5/c1-30-2-13-39-33(26-30)7-14-38(31-3-8-35(47)9-4-31)43(39)32-5-10-36(11-6-32)50-20-18-46(56,19-21-50)29-49-22-24-51(25-23-49)37-12-15-40-34(27-37)28-52(45(40)55)41-16-17-42(53)48-44(41)54;46-33-6-1-29(2-7-33)37-12-5-31-26-36(52)11-14-38(31)42(37)30-3-8-34(9-4-30)49-19-17-45(56,18-20-49)28-48-21-23-50(24-22-48)35-10-13-39-32(25-35)27-51(44(39)55)40-15-16-41(53)47-43(40)54/h2-6,8-13,15,26-27,38,41,43,56H,7,14,16-25,28-29H2,1H3,(H,48,53,54);1-4,6-11,13-14,25-26,37,40,42,52,56H,5,12,15-24,27-28H2,(H,47,53,54)/t38-,41?,43+;37-,40?,42+/m11/s1. The summed E-state index contributed by atoms with van der Waals surface area (Å²) in [4.78, 5) is 91.9. The van der Waals surface area contributed by atoms with Gasteiger partial charge in [0, 0.05) is 163 Å². The van der Waals surface area contributed by atoms with Gasteiger partial charge in [0.1, 0.15) is 29.5 Å². The molecule has 18 rings (SSSR count). The molecule has 5 N–H and O–H groups in total. The SMILES string of the molecule is Cc1ccc2c(c1)CC[C@H](c1ccc(F)cc1)[C@@H]2c1ccc(N2CCC(O)(CN3CCN(c4ccc5c(c4)CN(C4CCC(=O)NC4=O)C5=O)CC3)CC2)cc1.O=C1CCC(N2Cc3cc(N4CCN(CC5(O)CCN(c6ccc([C@@H]7c8ccc(O)cc8CC[C@@H]7c7ccc(F)cc7)cc6)CC5)CC4)ccc3C2=O)C(=O)N1. The minimum Gasteiger partial charge on any atom is -0.508 e. The van der Waals surface area contributed by atoms with Gasteiger partial charge in [0.2, 0.25) is 23.6 Å². The van der Waals surface area contributed by atoms with E-state index in [9.17, 15) is 52.9 Å². The smallest absolute Gasteiger partial charge is 0.255 e. The summed E-state index contributed by atoms with van der Waals surface area (Å²) in [6.45, 7) is 13.9. The van der Waals surface area contributed by atoms with Crippen molar-refractivity contribution in [2.24, 2.45) is 0 Å². The lowest BCUT2D eigenvalue weighted by Gasteiger charge is -2.44. The summed E-state index contributed by atoms with van der Waals surface area (Å²) in [7, 11) is 0. The molecule has 8 heterocycles. The Balaban J connectivity index is 0.000000163. The average Bonchev–Trinajstić information content (AvgIpc) is 1.00. The lowest BCUT2D eigenvalue weighted by atomic mass is 9.69. The fraction of sp³-hybridized carbons (Fsp3) is 0.407. The number of nitrogens with one attached hydrogen (secondary N) is 2. The van der Waals surface area contributed by atoms with Gasteiger partial charge in [-0.2, -0.15) is 0 Å². The number of piperazine rings is 2. The number of rotatable bonds is 14. The molecule has 8 aromatic rings. The van der Waals surface area contributed by atoms with E-state index in [4.69, 9.17) is 0 Å². The number of carbonyl (C=O) groups excluding carboxylic acids is 6. The first-order valence-electron chi connectivity index (χ1n) is 40.3. The molecule has 2 aliphatic carbocycles. The van der Waals surface area contributed by atoms with Crippen molar-refractivity contribution in [1.82, 2.24) is 30.2 Å². The van der Waals surface area contributed by atoms with Crippen molar-refractivity contribution in [3.05, 3.63) is 254 Å². The Morgan fingerprint density at radius 2 is 0.768 bits per heavy atom. The minimum absolute atomic E-state index is 0.0908. The third-order valence-electron chi connectivity index (χ3n) is 26.1. The number of halogens is 2. The Bertz CT molecular complexity index is 4590. The summed E-state index contributed by atoms with van der Waals surface area (Å²) in [5, 5.41) is 38.4. The maximum absolute atomic E-state index is 13.9. The summed E-state index contributed by atoms with van der Waals surface area (Å²) in [6, 6.07) is 54.9. The van der Waals surface area contributed by atoms with Gasteiger partial charge in [-0.05, 0) is 236 Å². The number of anilines is 4. The number of phenols is 1. The molecule has 2 unspecified atom stereocenters. The maximum atomic E-state index is 13.9. The van der Waals surface area contributed by atoms with Crippen LogP contribution in [-0.2, 0) is 45.1 Å². The quantitative estimate of drug-likeness (QED) is 0.0641. The van der Waals surface area contributed by atoms with Gasteiger partial charge in [-0.15, -0.1) is 0 Å². The number of amides is 6. The molecule has 10 aliphatic rings. The molecule has 8 aromatic carbocycles. The number of imide groups is 2. The number of phenolic OH excluding ortho intramolecular Hbond substituents is 1. The van der Waals surface area contributed by atoms with E-state index in [1.54, 1.807) is 40.1 Å². The first-order valence-corrected chi connectivity index (χ1v) is 40.3. The lowest BCUT2D eigenvalue weighted by molar-refractivity contribution is -0.138. The maximum Gasteiger partial charge on any atom is 0.255 e. The van der Waals surface area contributed by atoms with E-state index in [-0.39, 0.29) is 77.5 Å². The number of nitrogens with zero attached hydrogens (tertiary/aromatic N) is 8. The van der Waals surface area contributed by atoms with Gasteiger partial charge in [-0.25, -0.2) is 8.78 Å². The second kappa shape index (κ2) is 31.0. The van der Waals surface area contributed by atoms with Gasteiger partial charge in [-0.1, -0.05) is 78.4 Å². The highest BCUT2D eigenvalue weighted by Crippen LogP contribution is 2.50. The highest BCUT2D eigenvalue weighted by Gasteiger charge is 2.44. The van der Waals surface area contributed by atoms with Crippen LogP contribution in [0.5, 0.6) is 5.75 Å². The molecule has 0 spiro atoms. The highest BCUT2D eigenvalue weighted by molar-refractivity contribution is 6.06. The monoisotopic (exact) mass is 1510 g/mol. The predicted molar refractivity (Wildman–Crippen MR) is 426 cm³/mol. The van der Waals surface area contributed by atoms with E-state index in [0.717, 1.165) is 144 Å². The van der Waals surface area contributed by atoms with E-state index < -0.39 is 35.1 Å². The summed E-state index contributed by atoms with van der Waals surface area (Å²) in [5.41, 5.74) is 17.2. The number of benzene rings is 8. The third-order valence-corrected chi connectivity index (χ3v) is 26.1. The number of piperidine rings is 4. The van der Waals surface area contributed by atoms with Gasteiger partial charge >= 0.3 is 0 Å². The first-order chi connectivity index (χ1) is 54.2. The van der Waals surface area contributed by atoms with Gasteiger partial charge in [0.15, 0.2) is 0 Å². The van der Waals surface area contributed by atoms with Crippen molar-refractivity contribution >= 4 is 58.2 Å². The Kier molecular flexibility index (Phi) is 20.6. The number of aliphatic hydroxyl groups is 2. The molecule has 6 saturated heterocycles. The molecule has 21 heteroatoms. The predicted octanol–water partition coefficient (Wildman–Crippen LogP) is 11.2. The van der Waals surface area contributed by atoms with Crippen LogP contribution in [0.25, 0.3) is 0 Å². The lowest BCUT2D eigenvalue weighted by Crippen LogP contribution is -2.55. The normalized spacial score (nSPS) is 23.9. The van der Waals surface area contributed by atoms with Gasteiger partial charge in [0.05, 0.1) is 11.2 Å². The number of hydrogen-bond donors (Lipinski definition) is 5. The van der Waals surface area contributed by atoms with Gasteiger partial charge in [0.25, 0.3) is 11.8 Å². The van der Waals surface area contributed by atoms with Crippen molar-refractivity contribution in [3.8, 4) is 5.75 Å². The van der Waals surface area contributed by atoms with Gasteiger partial charge < -0.3 is 44.7 Å². The van der Waals surface area contributed by atoms with Crippen molar-refractivity contribution in [1.29, 1.82) is 0 Å². The molecule has 19 nitrogen and oxygen atoms in total. The molecule has 580 valence electrons. The molecular weight excluding hydrogens is 1420 g/mol. The van der Waals surface area contributed by atoms with Gasteiger partial charge in [-0.3, -0.25) is 49.2 Å². The highest BCUT2D eigenvalue weighted by atomic mass is 19.1. The second-order valence-corrected chi connectivity index (χ2v) is 33.0. The summed E-state index contributed by atoms with van der Waals surface area (Å²) < 4.78 is 27.7. The van der Waals surface area contributed by atoms with Crippen molar-refractivity contribution in [2.45, 2.75) is 144 Å². The number of β-amino-alcohol motifs (C(OH)–C–C–N with tert-alkyl or cyclic N) is 2. The van der Waals surface area contributed by atoms with Crippen molar-refractivity contribution in [2.75, 3.05) is 111 Å². The van der Waals surface area contributed by atoms with Crippen LogP contribution in [0.15, 0.2) is 170 Å². The third kappa shape index (κ3) is 15.3. The van der Waals surface area contributed by atoms with Crippen molar-refractivity contribution < 1.29 is 52.9 Å². The molecule has 0 radical (unpaired) electrons. The van der Waals surface area contributed by atoms with E-state index in [1.807, 2.05) is 60.7 Å². The van der Waals surface area contributed by atoms with E-state index >= 15 is 0 Å². The fourth-order valence-electron chi connectivity index (χ4n) is 19.9. The number of aryl methyl sites for hydroxylation is 3. The molecule has 6 amide bonds. The topological polar surface area (TPSA) is 213 Å². The van der Waals surface area contributed by atoms with E-state index in [1.165, 1.54) is 44.6 Å². The Morgan fingerprint density at radius 1 is 0.393 bits per heavy atom. The van der Waals surface area contributed by atoms with Crippen LogP contribution in [-0.4, -0.2) is 185 Å². The average molecular weight is 1510 g/mol. The van der Waals surface area contributed by atoms with Crippen LogP contribution in [0, 0.1) is 18.6 Å². The summed E-state index contributed by atoms with van der Waals surface area (Å²) in [6.07, 6.45) is 7.79. The second-order valence-electron chi connectivity index (χ2n) is 33.0. The number of carbonyl (C=O) groups is 6. The molecular formula is C91H98F2N10O9. The molecule has 112 heavy (non-hydrogen) atoms. The van der Waals surface area contributed by atoms with E-state index in [0.29, 0.717) is 75.8 Å². The number of aromatic hydroxyl groups is 1. The Labute approximate surface area is 652 Å².